The lowest BCUT2D eigenvalue weighted by molar-refractivity contribution is -0.308. The number of amides is 1. The monoisotopic (exact) mass is 519 g/mol. The average Bonchev–Trinajstić information content (AvgIpc) is 3.11. The molecule has 10 heteroatoms. The second kappa shape index (κ2) is 10.4. The van der Waals surface area contributed by atoms with E-state index in [4.69, 9.17) is 4.84 Å². The van der Waals surface area contributed by atoms with Crippen molar-refractivity contribution >= 4 is 5.91 Å². The predicted molar refractivity (Wildman–Crippen MR) is 124 cm³/mol. The number of halogens is 5. The summed E-state index contributed by atoms with van der Waals surface area (Å²) in [5.74, 6) is -6.08. The number of aliphatic hydroxyl groups excluding tert-OH is 2. The van der Waals surface area contributed by atoms with Gasteiger partial charge >= 0.3 is 12.1 Å². The molecule has 5 nitrogen and oxygen atoms in total. The van der Waals surface area contributed by atoms with E-state index < -0.39 is 48.3 Å². The Kier molecular flexibility index (Phi) is 8.22. The van der Waals surface area contributed by atoms with Crippen molar-refractivity contribution < 1.29 is 41.8 Å². The Morgan fingerprint density at radius 2 is 1.97 bits per heavy atom. The third-order valence-electron chi connectivity index (χ3n) is 7.71. The van der Waals surface area contributed by atoms with Crippen LogP contribution in [0.25, 0.3) is 0 Å². The standard InChI is InChI=1S/C26H34F5NO4/c1-15-19(12-20(34)13-23(15)35)8-7-18-6-5-11-24(4)21(9-10-22(18)24)16(2)36-32(17(3)33)14-25(27,28)26(29,30)31/h7-9,16,20,22-23,34-35H,1,5-6,10-14H2,2-4H3/b18-7+,19-8-/t16-,20+,22?,23-,24+/m0/s1. The number of rotatable bonds is 6. The van der Waals surface area contributed by atoms with E-state index >= 15 is 0 Å². The molecule has 0 aromatic heterocycles. The Balaban J connectivity index is 1.77. The van der Waals surface area contributed by atoms with Crippen molar-refractivity contribution in [3.05, 3.63) is 47.1 Å². The fraction of sp³-hybridized carbons (Fsp3) is 0.654. The molecule has 0 bridgehead atoms. The van der Waals surface area contributed by atoms with Gasteiger partial charge < -0.3 is 10.2 Å². The fourth-order valence-corrected chi connectivity index (χ4v) is 5.69. The van der Waals surface area contributed by atoms with Gasteiger partial charge in [-0.2, -0.15) is 22.0 Å². The summed E-state index contributed by atoms with van der Waals surface area (Å²) in [4.78, 5) is 17.3. The number of hydroxylamine groups is 2. The average molecular weight is 520 g/mol. The summed E-state index contributed by atoms with van der Waals surface area (Å²) in [6, 6.07) is 0. The van der Waals surface area contributed by atoms with Gasteiger partial charge in [-0.3, -0.25) is 9.63 Å². The summed E-state index contributed by atoms with van der Waals surface area (Å²) in [5, 5.41) is 20.2. The molecule has 3 aliphatic carbocycles. The van der Waals surface area contributed by atoms with Crippen molar-refractivity contribution in [3.63, 3.8) is 0 Å². The van der Waals surface area contributed by atoms with E-state index in [2.05, 4.69) is 6.58 Å². The number of hydrogen-bond donors (Lipinski definition) is 2. The van der Waals surface area contributed by atoms with Crippen molar-refractivity contribution in [3.8, 4) is 0 Å². The molecule has 0 aromatic rings. The quantitative estimate of drug-likeness (QED) is 0.280. The molecule has 2 fully saturated rings. The van der Waals surface area contributed by atoms with Gasteiger partial charge in [0.05, 0.1) is 12.2 Å². The second-order valence-electron chi connectivity index (χ2n) is 10.3. The van der Waals surface area contributed by atoms with Crippen LogP contribution in [-0.2, 0) is 9.63 Å². The number of nitrogens with zero attached hydrogens (tertiary/aromatic N) is 1. The molecule has 0 aromatic carbocycles. The van der Waals surface area contributed by atoms with Crippen LogP contribution >= 0.6 is 0 Å². The predicted octanol–water partition coefficient (Wildman–Crippen LogP) is 5.41. The van der Waals surface area contributed by atoms with Crippen LogP contribution in [0.5, 0.6) is 0 Å². The topological polar surface area (TPSA) is 70.0 Å². The molecule has 5 atom stereocenters. The number of alkyl halides is 5. The first kappa shape index (κ1) is 28.5. The summed E-state index contributed by atoms with van der Waals surface area (Å²) in [7, 11) is 0. The highest BCUT2D eigenvalue weighted by atomic mass is 19.4. The molecular weight excluding hydrogens is 485 g/mol. The van der Waals surface area contributed by atoms with Crippen LogP contribution < -0.4 is 0 Å². The van der Waals surface area contributed by atoms with Gasteiger partial charge in [0.1, 0.15) is 12.6 Å². The van der Waals surface area contributed by atoms with Crippen LogP contribution in [0.4, 0.5) is 22.0 Å². The van der Waals surface area contributed by atoms with Gasteiger partial charge in [-0.15, -0.1) is 0 Å². The van der Waals surface area contributed by atoms with Crippen molar-refractivity contribution in [2.45, 2.75) is 89.7 Å². The van der Waals surface area contributed by atoms with Crippen LogP contribution in [0.2, 0.25) is 0 Å². The van der Waals surface area contributed by atoms with E-state index in [0.29, 0.717) is 18.4 Å². The third-order valence-corrected chi connectivity index (χ3v) is 7.71. The SMILES string of the molecule is C=C1/C(=C\C=C2/CCC[C@]3(C)C([C@H](C)ON(CC(F)(F)C(F)(F)F)C(C)=O)=CCC23)C[C@@H](O)C[C@@H]1O. The van der Waals surface area contributed by atoms with Crippen molar-refractivity contribution in [2.75, 3.05) is 6.54 Å². The van der Waals surface area contributed by atoms with E-state index in [1.54, 1.807) is 6.92 Å². The molecule has 0 spiro atoms. The van der Waals surface area contributed by atoms with Gasteiger partial charge in [0.2, 0.25) is 5.91 Å². The first-order valence-electron chi connectivity index (χ1n) is 12.1. The molecule has 1 unspecified atom stereocenters. The van der Waals surface area contributed by atoms with Crippen LogP contribution in [0.1, 0.15) is 59.3 Å². The van der Waals surface area contributed by atoms with E-state index in [1.807, 2.05) is 25.2 Å². The van der Waals surface area contributed by atoms with Crippen LogP contribution in [0.3, 0.4) is 0 Å². The first-order chi connectivity index (χ1) is 16.6. The lowest BCUT2D eigenvalue weighted by Gasteiger charge is -2.43. The number of aliphatic hydroxyl groups is 2. The number of hydrogen-bond acceptors (Lipinski definition) is 4. The Morgan fingerprint density at radius 1 is 1.31 bits per heavy atom. The molecule has 2 saturated carbocycles. The van der Waals surface area contributed by atoms with E-state index in [0.717, 1.165) is 42.9 Å². The molecule has 0 heterocycles. The fourth-order valence-electron chi connectivity index (χ4n) is 5.69. The highest BCUT2D eigenvalue weighted by molar-refractivity contribution is 5.72. The third kappa shape index (κ3) is 5.75. The number of carbonyl (C=O) groups excluding carboxylic acids is 1. The maximum absolute atomic E-state index is 13.6. The molecule has 2 N–H and O–H groups in total. The smallest absolute Gasteiger partial charge is 0.393 e. The molecular formula is C26H34F5NO4. The van der Waals surface area contributed by atoms with Crippen LogP contribution in [0.15, 0.2) is 47.1 Å². The lowest BCUT2D eigenvalue weighted by atomic mass is 9.63. The van der Waals surface area contributed by atoms with Gasteiger partial charge in [-0.1, -0.05) is 37.3 Å². The molecule has 3 aliphatic rings. The zero-order valence-electron chi connectivity index (χ0n) is 20.7. The van der Waals surface area contributed by atoms with E-state index in [1.165, 1.54) is 0 Å². The minimum Gasteiger partial charge on any atom is -0.393 e. The Hall–Kier alpha value is -2.04. The summed E-state index contributed by atoms with van der Waals surface area (Å²) < 4.78 is 65.3. The first-order valence-corrected chi connectivity index (χ1v) is 12.1. The number of fused-ring (bicyclic) bond motifs is 1. The van der Waals surface area contributed by atoms with Crippen molar-refractivity contribution in [1.82, 2.24) is 5.06 Å². The van der Waals surface area contributed by atoms with Gasteiger partial charge in [0.25, 0.3) is 0 Å². The summed E-state index contributed by atoms with van der Waals surface area (Å²) in [5.41, 5.74) is 2.86. The summed E-state index contributed by atoms with van der Waals surface area (Å²) >= 11 is 0. The highest BCUT2D eigenvalue weighted by Crippen LogP contribution is 2.56. The minimum atomic E-state index is -5.80. The Labute approximate surface area is 207 Å². The maximum Gasteiger partial charge on any atom is 0.455 e. The van der Waals surface area contributed by atoms with Gasteiger partial charge in [-0.25, -0.2) is 5.06 Å². The molecule has 36 heavy (non-hydrogen) atoms. The molecule has 0 aliphatic heterocycles. The van der Waals surface area contributed by atoms with Gasteiger partial charge in [-0.05, 0) is 67.1 Å². The highest BCUT2D eigenvalue weighted by Gasteiger charge is 2.59. The van der Waals surface area contributed by atoms with Gasteiger partial charge in [0, 0.05) is 13.3 Å². The molecule has 202 valence electrons. The van der Waals surface area contributed by atoms with Crippen LogP contribution in [-0.4, -0.2) is 58.1 Å². The second-order valence-corrected chi connectivity index (χ2v) is 10.3. The lowest BCUT2D eigenvalue weighted by Crippen LogP contribution is -2.49. The summed E-state index contributed by atoms with van der Waals surface area (Å²) in [6.07, 6.45) is 1.41. The molecule has 0 radical (unpaired) electrons. The molecule has 3 rings (SSSR count). The Morgan fingerprint density at radius 3 is 2.58 bits per heavy atom. The zero-order valence-corrected chi connectivity index (χ0v) is 20.7. The van der Waals surface area contributed by atoms with Crippen molar-refractivity contribution in [1.29, 1.82) is 0 Å². The number of carbonyl (C=O) groups is 1. The Bertz CT molecular complexity index is 970. The van der Waals surface area contributed by atoms with Crippen molar-refractivity contribution in [2.24, 2.45) is 11.3 Å². The van der Waals surface area contributed by atoms with Crippen LogP contribution in [0, 0.1) is 11.3 Å². The largest absolute Gasteiger partial charge is 0.455 e. The zero-order chi connectivity index (χ0) is 27.1. The minimum absolute atomic E-state index is 0.0678. The summed E-state index contributed by atoms with van der Waals surface area (Å²) in [6.45, 7) is 6.47. The molecule has 1 amide bonds. The van der Waals surface area contributed by atoms with E-state index in [-0.39, 0.29) is 17.4 Å². The molecule has 0 saturated heterocycles. The normalized spacial score (nSPS) is 32.4. The van der Waals surface area contributed by atoms with Gasteiger partial charge in [0.15, 0.2) is 0 Å². The number of allylic oxidation sites excluding steroid dienone is 4. The maximum atomic E-state index is 13.6. The van der Waals surface area contributed by atoms with E-state index in [9.17, 15) is 37.0 Å².